The van der Waals surface area contributed by atoms with Crippen molar-refractivity contribution in [3.8, 4) is 0 Å². The lowest BCUT2D eigenvalue weighted by Gasteiger charge is -2.40. The molecule has 2 heterocycles. The summed E-state index contributed by atoms with van der Waals surface area (Å²) in [5.41, 5.74) is 5.51. The van der Waals surface area contributed by atoms with E-state index in [2.05, 4.69) is 24.5 Å². The molecule has 1 aliphatic heterocycles. The molecule has 6 nitrogen and oxygen atoms in total. The van der Waals surface area contributed by atoms with Gasteiger partial charge in [0, 0.05) is 47.5 Å². The van der Waals surface area contributed by atoms with Gasteiger partial charge in [0.05, 0.1) is 16.6 Å². The number of anilines is 1. The highest BCUT2D eigenvalue weighted by Crippen LogP contribution is 2.50. The summed E-state index contributed by atoms with van der Waals surface area (Å²) >= 11 is 12.2. The number of carbonyl (C=O) groups excluding carboxylic acids is 1. The standard InChI is InChI=1S/C29H32Cl2F2N4O2/c1-5-28(2,3)15-22-29(34,19-10-9-16(30)13-21(19)32)24(18-7-6-8-20(31)25(18)33)26(36-22)27(39)35-17-11-12-37(4)23(38)14-17/h6-14,22,24,26,36H,5,15,34H2,1-4H3,(H,35,39)/t22-,24-,26+,29+/m0/s1. The van der Waals surface area contributed by atoms with Gasteiger partial charge in [-0.15, -0.1) is 0 Å². The molecule has 1 amide bonds. The van der Waals surface area contributed by atoms with Crippen LogP contribution < -0.4 is 21.9 Å². The van der Waals surface area contributed by atoms with Crippen molar-refractivity contribution in [1.82, 2.24) is 9.88 Å². The van der Waals surface area contributed by atoms with E-state index in [0.29, 0.717) is 6.42 Å². The predicted octanol–water partition coefficient (Wildman–Crippen LogP) is 5.71. The quantitative estimate of drug-likeness (QED) is 0.336. The Morgan fingerprint density at radius 1 is 1.18 bits per heavy atom. The summed E-state index contributed by atoms with van der Waals surface area (Å²) in [5, 5.41) is 6.12. The first-order chi connectivity index (χ1) is 18.3. The number of aromatic nitrogens is 1. The highest BCUT2D eigenvalue weighted by Gasteiger charge is 2.58. The smallest absolute Gasteiger partial charge is 0.252 e. The van der Waals surface area contributed by atoms with Crippen LogP contribution in [-0.2, 0) is 17.4 Å². The van der Waals surface area contributed by atoms with Gasteiger partial charge in [-0.25, -0.2) is 8.78 Å². The molecular formula is C29H32Cl2F2N4O2. The summed E-state index contributed by atoms with van der Waals surface area (Å²) in [7, 11) is 1.59. The lowest BCUT2D eigenvalue weighted by molar-refractivity contribution is -0.118. The molecule has 0 unspecified atom stereocenters. The Hall–Kier alpha value is -2.78. The zero-order valence-corrected chi connectivity index (χ0v) is 23.7. The molecule has 4 N–H and O–H groups in total. The average molecular weight is 578 g/mol. The van der Waals surface area contributed by atoms with Gasteiger partial charge >= 0.3 is 0 Å². The highest BCUT2D eigenvalue weighted by atomic mass is 35.5. The van der Waals surface area contributed by atoms with Crippen LogP contribution in [-0.4, -0.2) is 22.6 Å². The molecule has 39 heavy (non-hydrogen) atoms. The van der Waals surface area contributed by atoms with Crippen molar-refractivity contribution in [1.29, 1.82) is 0 Å². The molecule has 1 aromatic heterocycles. The van der Waals surface area contributed by atoms with Crippen molar-refractivity contribution in [3.05, 3.63) is 97.9 Å². The van der Waals surface area contributed by atoms with Crippen molar-refractivity contribution < 1.29 is 13.6 Å². The monoisotopic (exact) mass is 576 g/mol. The molecule has 4 rings (SSSR count). The average Bonchev–Trinajstić information content (AvgIpc) is 3.15. The van der Waals surface area contributed by atoms with E-state index in [1.54, 1.807) is 19.2 Å². The summed E-state index contributed by atoms with van der Waals surface area (Å²) in [4.78, 5) is 26.0. The summed E-state index contributed by atoms with van der Waals surface area (Å²) in [5.74, 6) is -3.02. The van der Waals surface area contributed by atoms with E-state index in [0.717, 1.165) is 12.5 Å². The van der Waals surface area contributed by atoms with Gasteiger partial charge in [0.1, 0.15) is 11.6 Å². The number of nitrogens with one attached hydrogen (secondary N) is 2. The predicted molar refractivity (Wildman–Crippen MR) is 151 cm³/mol. The fraction of sp³-hybridized carbons (Fsp3) is 0.379. The van der Waals surface area contributed by atoms with Crippen LogP contribution in [0.4, 0.5) is 14.5 Å². The third-order valence-electron chi connectivity index (χ3n) is 7.89. The zero-order valence-electron chi connectivity index (χ0n) is 22.2. The largest absolute Gasteiger partial charge is 0.324 e. The highest BCUT2D eigenvalue weighted by molar-refractivity contribution is 6.31. The number of rotatable bonds is 7. The maximum absolute atomic E-state index is 15.7. The van der Waals surface area contributed by atoms with E-state index in [9.17, 15) is 9.59 Å². The summed E-state index contributed by atoms with van der Waals surface area (Å²) in [6, 6.07) is 9.77. The van der Waals surface area contributed by atoms with Gasteiger partial charge in [-0.3, -0.25) is 9.59 Å². The lowest BCUT2D eigenvalue weighted by Crippen LogP contribution is -2.52. The van der Waals surface area contributed by atoms with Gasteiger partial charge in [0.15, 0.2) is 0 Å². The fourth-order valence-corrected chi connectivity index (χ4v) is 5.68. The minimum absolute atomic E-state index is 0.0766. The molecule has 0 spiro atoms. The van der Waals surface area contributed by atoms with E-state index in [-0.39, 0.29) is 37.8 Å². The van der Waals surface area contributed by atoms with Crippen LogP contribution in [0.1, 0.15) is 50.7 Å². The molecule has 0 radical (unpaired) electrons. The SMILES string of the molecule is CCC(C)(C)C[C@@H]1N[C@@H](C(=O)Nc2ccn(C)c(=O)c2)[C@H](c2cccc(Cl)c2F)[C@@]1(N)c1ccc(Cl)cc1F. The van der Waals surface area contributed by atoms with E-state index in [4.69, 9.17) is 28.9 Å². The van der Waals surface area contributed by atoms with E-state index in [1.807, 2.05) is 6.92 Å². The van der Waals surface area contributed by atoms with E-state index < -0.39 is 41.1 Å². The zero-order chi connectivity index (χ0) is 28.7. The van der Waals surface area contributed by atoms with Crippen LogP contribution in [0.2, 0.25) is 10.0 Å². The van der Waals surface area contributed by atoms with Crippen LogP contribution in [0.25, 0.3) is 0 Å². The Morgan fingerprint density at radius 2 is 1.90 bits per heavy atom. The second-order valence-corrected chi connectivity index (χ2v) is 11.8. The van der Waals surface area contributed by atoms with E-state index >= 15 is 8.78 Å². The Balaban J connectivity index is 1.92. The Labute approximate surface area is 236 Å². The number of nitrogens with zero attached hydrogens (tertiary/aromatic N) is 1. The van der Waals surface area contributed by atoms with Gasteiger partial charge in [0.2, 0.25) is 5.91 Å². The number of carbonyl (C=O) groups is 1. The second-order valence-electron chi connectivity index (χ2n) is 11.0. The number of amides is 1. The van der Waals surface area contributed by atoms with Crippen LogP contribution in [0.15, 0.2) is 59.5 Å². The molecular weight excluding hydrogens is 545 g/mol. The van der Waals surface area contributed by atoms with Gasteiger partial charge in [-0.05, 0) is 41.7 Å². The number of benzene rings is 2. The summed E-state index contributed by atoms with van der Waals surface area (Å²) in [6.07, 6.45) is 2.76. The first-order valence-corrected chi connectivity index (χ1v) is 13.5. The fourth-order valence-electron chi connectivity index (χ4n) is 5.33. The third-order valence-corrected chi connectivity index (χ3v) is 8.41. The Kier molecular flexibility index (Phi) is 8.24. The second kappa shape index (κ2) is 11.0. The number of hydrogen-bond acceptors (Lipinski definition) is 4. The Morgan fingerprint density at radius 3 is 2.54 bits per heavy atom. The van der Waals surface area contributed by atoms with Crippen molar-refractivity contribution in [2.24, 2.45) is 18.2 Å². The molecule has 0 saturated carbocycles. The van der Waals surface area contributed by atoms with Gasteiger partial charge in [-0.2, -0.15) is 0 Å². The first-order valence-electron chi connectivity index (χ1n) is 12.7. The molecule has 0 bridgehead atoms. The van der Waals surface area contributed by atoms with Crippen molar-refractivity contribution in [2.45, 2.75) is 57.2 Å². The molecule has 1 saturated heterocycles. The van der Waals surface area contributed by atoms with Crippen LogP contribution in [0.3, 0.4) is 0 Å². The van der Waals surface area contributed by atoms with Gasteiger partial charge in [0.25, 0.3) is 5.56 Å². The molecule has 10 heteroatoms. The molecule has 208 valence electrons. The third kappa shape index (κ3) is 5.61. The van der Waals surface area contributed by atoms with Crippen LogP contribution in [0, 0.1) is 17.0 Å². The normalized spacial score (nSPS) is 23.2. The number of halogens is 4. The van der Waals surface area contributed by atoms with Crippen LogP contribution >= 0.6 is 23.2 Å². The van der Waals surface area contributed by atoms with Gasteiger partial charge < -0.3 is 20.9 Å². The van der Waals surface area contributed by atoms with E-state index in [1.165, 1.54) is 41.1 Å². The van der Waals surface area contributed by atoms with Crippen molar-refractivity contribution >= 4 is 34.8 Å². The number of hydrogen-bond donors (Lipinski definition) is 3. The molecule has 3 aromatic rings. The molecule has 2 aromatic carbocycles. The number of aryl methyl sites for hydroxylation is 1. The molecule has 0 aliphatic carbocycles. The minimum atomic E-state index is -1.58. The lowest BCUT2D eigenvalue weighted by atomic mass is 9.67. The molecule has 1 fully saturated rings. The van der Waals surface area contributed by atoms with Gasteiger partial charge in [-0.1, -0.05) is 68.6 Å². The molecule has 4 atom stereocenters. The Bertz CT molecular complexity index is 1460. The maximum atomic E-state index is 15.7. The maximum Gasteiger partial charge on any atom is 0.252 e. The minimum Gasteiger partial charge on any atom is -0.324 e. The topological polar surface area (TPSA) is 89.2 Å². The van der Waals surface area contributed by atoms with Crippen LogP contribution in [0.5, 0.6) is 0 Å². The van der Waals surface area contributed by atoms with Crippen molar-refractivity contribution in [2.75, 3.05) is 5.32 Å². The number of nitrogens with two attached hydrogens (primary N) is 1. The summed E-state index contributed by atoms with van der Waals surface area (Å²) in [6.45, 7) is 6.13. The number of pyridine rings is 1. The van der Waals surface area contributed by atoms with Crippen molar-refractivity contribution in [3.63, 3.8) is 0 Å². The molecule has 1 aliphatic rings. The summed E-state index contributed by atoms with van der Waals surface area (Å²) < 4.78 is 32.6. The first kappa shape index (κ1) is 29.2.